The van der Waals surface area contributed by atoms with E-state index in [2.05, 4.69) is 26.5 Å². The Morgan fingerprint density at radius 1 is 1.08 bits per heavy atom. The number of aromatic nitrogens is 3. The Morgan fingerprint density at radius 3 is 2.77 bits per heavy atom. The molecule has 0 aliphatic rings. The zero-order valence-electron chi connectivity index (χ0n) is 14.1. The van der Waals surface area contributed by atoms with E-state index in [9.17, 15) is 4.79 Å². The minimum atomic E-state index is -0.0465. The molecule has 0 bridgehead atoms. The van der Waals surface area contributed by atoms with Gasteiger partial charge in [0.1, 0.15) is 0 Å². The van der Waals surface area contributed by atoms with Crippen LogP contribution in [0.5, 0.6) is 0 Å². The van der Waals surface area contributed by atoms with Crippen molar-refractivity contribution in [3.8, 4) is 11.4 Å². The Morgan fingerprint density at radius 2 is 1.88 bits per heavy atom. The Balaban J connectivity index is 1.31. The van der Waals surface area contributed by atoms with Gasteiger partial charge in [0.15, 0.2) is 0 Å². The number of rotatable bonds is 6. The lowest BCUT2D eigenvalue weighted by Crippen LogP contribution is -2.23. The van der Waals surface area contributed by atoms with Gasteiger partial charge in [-0.2, -0.15) is 4.98 Å². The van der Waals surface area contributed by atoms with Crippen molar-refractivity contribution in [2.75, 3.05) is 0 Å². The average Bonchev–Trinajstić information content (AvgIpc) is 3.33. The molecule has 0 spiro atoms. The summed E-state index contributed by atoms with van der Waals surface area (Å²) in [4.78, 5) is 19.6. The van der Waals surface area contributed by atoms with Gasteiger partial charge in [-0.3, -0.25) is 4.79 Å². The van der Waals surface area contributed by atoms with Crippen LogP contribution in [-0.4, -0.2) is 21.0 Å². The van der Waals surface area contributed by atoms with E-state index in [-0.39, 0.29) is 12.5 Å². The number of benzene rings is 2. The van der Waals surface area contributed by atoms with Crippen molar-refractivity contribution in [2.45, 2.75) is 19.4 Å². The summed E-state index contributed by atoms with van der Waals surface area (Å²) in [5, 5.41) is 7.93. The lowest BCUT2D eigenvalue weighted by Gasteiger charge is -2.02. The fourth-order valence-electron chi connectivity index (χ4n) is 2.88. The first kappa shape index (κ1) is 16.1. The molecule has 0 aliphatic carbocycles. The number of para-hydroxylation sites is 1. The normalized spacial score (nSPS) is 10.9. The highest BCUT2D eigenvalue weighted by Crippen LogP contribution is 2.19. The van der Waals surface area contributed by atoms with E-state index in [1.54, 1.807) is 0 Å². The minimum absolute atomic E-state index is 0.0465. The maximum absolute atomic E-state index is 12.1. The number of fused-ring (bicyclic) bond motifs is 1. The van der Waals surface area contributed by atoms with Crippen LogP contribution in [0.2, 0.25) is 0 Å². The van der Waals surface area contributed by atoms with E-state index in [1.165, 1.54) is 0 Å². The molecule has 6 nitrogen and oxygen atoms in total. The van der Waals surface area contributed by atoms with Crippen LogP contribution < -0.4 is 5.32 Å². The van der Waals surface area contributed by atoms with Crippen LogP contribution in [0.3, 0.4) is 0 Å². The van der Waals surface area contributed by atoms with Crippen LogP contribution in [0.25, 0.3) is 22.3 Å². The fraction of sp³-hybridized carbons (Fsp3) is 0.150. The number of carbonyl (C=O) groups excluding carboxylic acids is 1. The zero-order chi connectivity index (χ0) is 17.8. The molecule has 2 heterocycles. The van der Waals surface area contributed by atoms with Gasteiger partial charge in [0.2, 0.25) is 17.6 Å². The minimum Gasteiger partial charge on any atom is -0.361 e. The maximum atomic E-state index is 12.1. The quantitative estimate of drug-likeness (QED) is 0.560. The van der Waals surface area contributed by atoms with Crippen LogP contribution in [0.1, 0.15) is 17.9 Å². The third kappa shape index (κ3) is 3.49. The second-order valence-electron chi connectivity index (χ2n) is 6.01. The van der Waals surface area contributed by atoms with E-state index >= 15 is 0 Å². The number of nitrogens with zero attached hydrogens (tertiary/aromatic N) is 2. The first-order valence-corrected chi connectivity index (χ1v) is 8.49. The number of aromatic amines is 1. The number of amides is 1. The predicted octanol–water partition coefficient (Wildman–Crippen LogP) is 3.47. The van der Waals surface area contributed by atoms with Crippen molar-refractivity contribution in [1.82, 2.24) is 20.4 Å². The molecule has 4 aromatic rings. The molecule has 0 saturated heterocycles. The molecule has 0 unspecified atom stereocenters. The fourth-order valence-corrected chi connectivity index (χ4v) is 2.88. The van der Waals surface area contributed by atoms with Crippen LogP contribution in [0.15, 0.2) is 65.3 Å². The van der Waals surface area contributed by atoms with Gasteiger partial charge in [-0.15, -0.1) is 0 Å². The average molecular weight is 346 g/mol. The van der Waals surface area contributed by atoms with Crippen LogP contribution >= 0.6 is 0 Å². The smallest absolute Gasteiger partial charge is 0.246 e. The Hall–Kier alpha value is -3.41. The molecule has 6 heteroatoms. The SMILES string of the molecule is O=C(CCc1c[nH]c2ccccc12)NCc1nc(-c2ccccc2)no1. The van der Waals surface area contributed by atoms with Gasteiger partial charge in [-0.25, -0.2) is 0 Å². The zero-order valence-corrected chi connectivity index (χ0v) is 14.1. The lowest BCUT2D eigenvalue weighted by molar-refractivity contribution is -0.121. The topological polar surface area (TPSA) is 83.8 Å². The van der Waals surface area contributed by atoms with Crippen LogP contribution in [-0.2, 0) is 17.8 Å². The Kier molecular flexibility index (Phi) is 4.47. The van der Waals surface area contributed by atoms with Gasteiger partial charge in [-0.05, 0) is 18.1 Å². The monoisotopic (exact) mass is 346 g/mol. The van der Waals surface area contributed by atoms with E-state index < -0.39 is 0 Å². The maximum Gasteiger partial charge on any atom is 0.246 e. The van der Waals surface area contributed by atoms with Crippen LogP contribution in [0.4, 0.5) is 0 Å². The second-order valence-corrected chi connectivity index (χ2v) is 6.01. The Labute approximate surface area is 150 Å². The van der Waals surface area contributed by atoms with Gasteiger partial charge < -0.3 is 14.8 Å². The summed E-state index contributed by atoms with van der Waals surface area (Å²) in [6.07, 6.45) is 3.04. The van der Waals surface area contributed by atoms with Crippen molar-refractivity contribution in [3.05, 3.63) is 72.2 Å². The van der Waals surface area contributed by atoms with E-state index in [4.69, 9.17) is 4.52 Å². The van der Waals surface area contributed by atoms with Gasteiger partial charge in [-0.1, -0.05) is 53.7 Å². The molecule has 0 fully saturated rings. The summed E-state index contributed by atoms with van der Waals surface area (Å²) >= 11 is 0. The number of H-pyrrole nitrogens is 1. The number of carbonyl (C=O) groups is 1. The highest BCUT2D eigenvalue weighted by molar-refractivity contribution is 5.84. The first-order chi connectivity index (χ1) is 12.8. The summed E-state index contributed by atoms with van der Waals surface area (Å²) in [6.45, 7) is 0.229. The standard InChI is InChI=1S/C20H18N4O2/c25-18(11-10-15-12-21-17-9-5-4-8-16(15)17)22-13-19-23-20(24-26-19)14-6-2-1-3-7-14/h1-9,12,21H,10-11,13H2,(H,22,25). The van der Waals surface area contributed by atoms with Gasteiger partial charge in [0.25, 0.3) is 0 Å². The number of hydrogen-bond donors (Lipinski definition) is 2. The third-order valence-electron chi connectivity index (χ3n) is 4.23. The number of aryl methyl sites for hydroxylation is 1. The lowest BCUT2D eigenvalue weighted by atomic mass is 10.1. The molecule has 0 radical (unpaired) electrons. The molecule has 4 rings (SSSR count). The summed E-state index contributed by atoms with van der Waals surface area (Å²) in [5.41, 5.74) is 3.11. The summed E-state index contributed by atoms with van der Waals surface area (Å²) in [6, 6.07) is 17.7. The van der Waals surface area contributed by atoms with Crippen LogP contribution in [0, 0.1) is 0 Å². The molecule has 2 aromatic heterocycles. The molecule has 0 saturated carbocycles. The summed E-state index contributed by atoms with van der Waals surface area (Å²) < 4.78 is 5.20. The Bertz CT molecular complexity index is 1020. The predicted molar refractivity (Wildman–Crippen MR) is 98.2 cm³/mol. The van der Waals surface area contributed by atoms with E-state index in [0.717, 1.165) is 22.0 Å². The molecule has 2 aromatic carbocycles. The van der Waals surface area contributed by atoms with Gasteiger partial charge >= 0.3 is 0 Å². The van der Waals surface area contributed by atoms with Crippen molar-refractivity contribution in [2.24, 2.45) is 0 Å². The van der Waals surface area contributed by atoms with Gasteiger partial charge in [0.05, 0.1) is 6.54 Å². The van der Waals surface area contributed by atoms with E-state index in [1.807, 2.05) is 54.7 Å². The second kappa shape index (κ2) is 7.23. The highest BCUT2D eigenvalue weighted by atomic mass is 16.5. The molecule has 0 aliphatic heterocycles. The number of nitrogens with one attached hydrogen (secondary N) is 2. The van der Waals surface area contributed by atoms with Crippen molar-refractivity contribution in [1.29, 1.82) is 0 Å². The molecule has 130 valence electrons. The largest absolute Gasteiger partial charge is 0.361 e. The van der Waals surface area contributed by atoms with E-state index in [0.29, 0.717) is 24.6 Å². The molecule has 1 amide bonds. The number of hydrogen-bond acceptors (Lipinski definition) is 4. The van der Waals surface area contributed by atoms with Crippen molar-refractivity contribution >= 4 is 16.8 Å². The third-order valence-corrected chi connectivity index (χ3v) is 4.23. The molecule has 2 N–H and O–H groups in total. The molecular weight excluding hydrogens is 328 g/mol. The van der Waals surface area contributed by atoms with Crippen molar-refractivity contribution < 1.29 is 9.32 Å². The summed E-state index contributed by atoms with van der Waals surface area (Å²) in [5.74, 6) is 0.868. The molecular formula is C20H18N4O2. The van der Waals surface area contributed by atoms with Crippen molar-refractivity contribution in [3.63, 3.8) is 0 Å². The first-order valence-electron chi connectivity index (χ1n) is 8.49. The summed E-state index contributed by atoms with van der Waals surface area (Å²) in [7, 11) is 0. The van der Waals surface area contributed by atoms with Gasteiger partial charge in [0, 0.05) is 29.1 Å². The molecule has 26 heavy (non-hydrogen) atoms. The highest BCUT2D eigenvalue weighted by Gasteiger charge is 2.10. The molecule has 0 atom stereocenters.